The maximum atomic E-state index is 15.7. The molecule has 0 unspecified atom stereocenters. The van der Waals surface area contributed by atoms with Gasteiger partial charge in [0.05, 0.1) is 44.9 Å². The van der Waals surface area contributed by atoms with Crippen LogP contribution in [0.2, 0.25) is 0 Å². The highest BCUT2D eigenvalue weighted by molar-refractivity contribution is 6.01. The van der Waals surface area contributed by atoms with Crippen molar-refractivity contribution >= 4 is 76.9 Å². The number of aliphatic hydroxyl groups excluding tert-OH is 2. The van der Waals surface area contributed by atoms with E-state index in [-0.39, 0.29) is 43.5 Å². The Hall–Kier alpha value is -12.8. The molecule has 1 aliphatic rings. The van der Waals surface area contributed by atoms with E-state index in [1.807, 2.05) is 50.2 Å². The number of nitrogens with zero attached hydrogens (tertiary/aromatic N) is 4. The van der Waals surface area contributed by atoms with Gasteiger partial charge in [0, 0.05) is 88.4 Å². The maximum absolute atomic E-state index is 15.7. The van der Waals surface area contributed by atoms with Gasteiger partial charge in [-0.3, -0.25) is 67.3 Å². The zero-order chi connectivity index (χ0) is 85.4. The molecule has 0 bridgehead atoms. The molecule has 1 saturated heterocycles. The second kappa shape index (κ2) is 41.5. The van der Waals surface area contributed by atoms with Crippen LogP contribution in [0.25, 0.3) is 22.3 Å². The number of pyridine rings is 1. The lowest BCUT2D eigenvalue weighted by atomic mass is 9.90. The van der Waals surface area contributed by atoms with Gasteiger partial charge in [0.25, 0.3) is 5.91 Å². The molecule has 11 amide bonds. The number of carbonyl (C=O) groups is 13. The van der Waals surface area contributed by atoms with E-state index < -0.39 is 193 Å². The number of aryl methyl sites for hydroxylation is 2. The summed E-state index contributed by atoms with van der Waals surface area (Å²) in [6, 6.07) is 14.1. The number of carbonyl (C=O) groups excluding carboxylic acids is 11. The Balaban J connectivity index is 0.997. The van der Waals surface area contributed by atoms with Crippen molar-refractivity contribution in [1.29, 1.82) is 0 Å². The molecule has 8 rings (SSSR count). The molecule has 17 N–H and O–H groups in total. The molecule has 1 aliphatic heterocycles. The fourth-order valence-corrected chi connectivity index (χ4v) is 13.6. The van der Waals surface area contributed by atoms with E-state index in [1.165, 1.54) is 68.4 Å². The summed E-state index contributed by atoms with van der Waals surface area (Å²) >= 11 is 0. The summed E-state index contributed by atoms with van der Waals surface area (Å²) in [6.07, 6.45) is 0.970. The van der Waals surface area contributed by atoms with Crippen LogP contribution in [0, 0.1) is 12.7 Å². The van der Waals surface area contributed by atoms with Gasteiger partial charge in [0.2, 0.25) is 59.1 Å². The van der Waals surface area contributed by atoms with E-state index in [0.29, 0.717) is 41.0 Å². The van der Waals surface area contributed by atoms with Crippen molar-refractivity contribution in [2.24, 2.45) is 5.73 Å². The van der Waals surface area contributed by atoms with Gasteiger partial charge in [-0.15, -0.1) is 0 Å². The number of aliphatic hydroxyl groups is 2. The van der Waals surface area contributed by atoms with Crippen molar-refractivity contribution in [2.75, 3.05) is 27.3 Å². The predicted octanol–water partition coefficient (Wildman–Crippen LogP) is 0.761. The number of ether oxygens (including phenoxy) is 2. The first-order valence-corrected chi connectivity index (χ1v) is 37.7. The topological polar surface area (TPSA) is 529 Å². The number of carboxylic acid groups (broad SMARTS) is 2. The van der Waals surface area contributed by atoms with Gasteiger partial charge in [0.1, 0.15) is 71.0 Å². The SMILES string of the molecule is CCc1cc(OC)ccc1-c1ccc(C[C@H](NC(=O)[C@H](CC(=O)O)NC(=O)[C@H](Cc2cnc[nH]2)NC(=O)[C@@H](NC(=O)[C@@](C)(Cc2ccccc2F)NC(=O)[C@@H](NC(=O)CNC(=O)[C@H](CCC(=O)O)NC(=O)[C@]2(C)CCCN2C(=O)[C@@H](Cc2cnc[nH]2)OC)[C@@H](C)O)[C@@H](C)O)C(=O)N[C@@H](Cc2cnccc2-c2ccccc2C)C(N)=O)cc1. The first-order valence-electron chi connectivity index (χ1n) is 37.7. The third-order valence-corrected chi connectivity index (χ3v) is 20.2. The first kappa shape index (κ1) is 89.7. The third-order valence-electron chi connectivity index (χ3n) is 20.2. The standard InChI is InChI=1S/C81H99FN16O19/c1-9-48-32-54(116-7)23-24-56(48)49-21-19-47(20-22-49)31-61(72(108)90-60(70(83)106)33-51-38-84-29-27-57(51)55-17-12-10-15-44(55)2)91-74(110)63(36-67(104)105)92-73(109)62(34-52-39-85-42-88-52)93-75(111)68(45(3)99)96-78(114)80(5,37-50-16-11-13-18-58(50)82)97-76(112)69(46(4)100)95-65(101)41-87-71(107)59(25-26-66(102)103)94-79(115)81(6)28-14-30-98(81)77(113)64(117-8)35-53-40-86-43-89-53/h10-13,15-24,27,29,32,38-40,42-43,45-46,59-64,68-69,99-100H,9,14,25-26,28,30-31,33-37,41H2,1-8H3,(H2,83,106)(H,85,88)(H,86,89)(H,87,107)(H,90,108)(H,91,110)(H,92,109)(H,93,111)(H,94,115)(H,95,101)(H,96,114)(H,97,112)(H,102,103)(H,104,105)/t45-,46-,59+,60+,61+,62+,63+,64-,68+,69+,80-,81+/m1/s1. The highest BCUT2D eigenvalue weighted by Gasteiger charge is 2.49. The Labute approximate surface area is 672 Å². The number of nitrogens with one attached hydrogen (secondary N) is 11. The van der Waals surface area contributed by atoms with E-state index in [1.54, 1.807) is 49.7 Å². The highest BCUT2D eigenvalue weighted by Crippen LogP contribution is 2.33. The number of aromatic amines is 2. The Bertz CT molecular complexity index is 4700. The summed E-state index contributed by atoms with van der Waals surface area (Å²) in [6.45, 7) is 7.70. The monoisotopic (exact) mass is 1620 g/mol. The number of hydrogen-bond donors (Lipinski definition) is 16. The predicted molar refractivity (Wildman–Crippen MR) is 419 cm³/mol. The van der Waals surface area contributed by atoms with Crippen LogP contribution in [0.1, 0.15) is 106 Å². The number of primary amides is 1. The third kappa shape index (κ3) is 24.4. The minimum atomic E-state index is -2.42. The molecule has 3 aromatic heterocycles. The summed E-state index contributed by atoms with van der Waals surface area (Å²) in [7, 11) is 2.87. The van der Waals surface area contributed by atoms with E-state index in [4.69, 9.17) is 15.2 Å². The number of imidazole rings is 2. The van der Waals surface area contributed by atoms with E-state index in [0.717, 1.165) is 54.7 Å². The zero-order valence-electron chi connectivity index (χ0n) is 65.8. The Morgan fingerprint density at radius 3 is 1.85 bits per heavy atom. The number of nitrogens with two attached hydrogens (primary N) is 1. The van der Waals surface area contributed by atoms with Gasteiger partial charge >= 0.3 is 11.9 Å². The Morgan fingerprint density at radius 2 is 1.25 bits per heavy atom. The van der Waals surface area contributed by atoms with Crippen LogP contribution >= 0.6 is 0 Å². The smallest absolute Gasteiger partial charge is 0.305 e. The Kier molecular flexibility index (Phi) is 31.8. The van der Waals surface area contributed by atoms with E-state index in [9.17, 15) is 82.8 Å². The molecule has 7 aromatic rings. The summed E-state index contributed by atoms with van der Waals surface area (Å²) in [4.78, 5) is 201. The van der Waals surface area contributed by atoms with Crippen molar-refractivity contribution < 1.29 is 96.6 Å². The van der Waals surface area contributed by atoms with Gasteiger partial charge in [-0.05, 0) is 135 Å². The average molecular weight is 1620 g/mol. The minimum Gasteiger partial charge on any atom is -0.497 e. The number of amides is 11. The number of benzene rings is 4. The van der Waals surface area contributed by atoms with E-state index in [2.05, 4.69) is 72.8 Å². The van der Waals surface area contributed by atoms with Gasteiger partial charge in [0.15, 0.2) is 0 Å². The first-order chi connectivity index (χ1) is 55.6. The van der Waals surface area contributed by atoms with Crippen molar-refractivity contribution in [3.63, 3.8) is 0 Å². The second-order valence-corrected chi connectivity index (χ2v) is 29.0. The Morgan fingerprint density at radius 1 is 0.632 bits per heavy atom. The van der Waals surface area contributed by atoms with Crippen molar-refractivity contribution in [2.45, 2.75) is 184 Å². The van der Waals surface area contributed by atoms with Gasteiger partial charge < -0.3 is 98.4 Å². The molecule has 0 radical (unpaired) electrons. The normalized spacial score (nSPS) is 16.2. The number of halogens is 1. The molecule has 117 heavy (non-hydrogen) atoms. The van der Waals surface area contributed by atoms with Crippen LogP contribution in [0.5, 0.6) is 5.75 Å². The van der Waals surface area contributed by atoms with Crippen molar-refractivity contribution in [3.05, 3.63) is 180 Å². The molecular weight excluding hydrogens is 1520 g/mol. The summed E-state index contributed by atoms with van der Waals surface area (Å²) in [5, 5.41) is 64.1. The van der Waals surface area contributed by atoms with Crippen LogP contribution in [-0.4, -0.2) is 226 Å². The molecule has 12 atom stereocenters. The lowest BCUT2D eigenvalue weighted by Crippen LogP contribution is -2.67. The van der Waals surface area contributed by atoms with E-state index >= 15 is 4.39 Å². The molecule has 0 aliphatic carbocycles. The number of methoxy groups -OCH3 is 2. The zero-order valence-corrected chi connectivity index (χ0v) is 65.8. The fraction of sp³-hybridized carbons (Fsp3) is 0.407. The average Bonchev–Trinajstić information content (AvgIpc) is 1.64. The molecule has 1 fully saturated rings. The van der Waals surface area contributed by atoms with Gasteiger partial charge in [-0.2, -0.15) is 0 Å². The van der Waals surface area contributed by atoms with Crippen LogP contribution in [0.4, 0.5) is 4.39 Å². The van der Waals surface area contributed by atoms with Crippen LogP contribution < -0.4 is 58.3 Å². The van der Waals surface area contributed by atoms with Crippen molar-refractivity contribution in [1.82, 2.24) is 77.7 Å². The molecule has 36 heteroatoms. The number of aliphatic carboxylic acids is 2. The maximum Gasteiger partial charge on any atom is 0.305 e. The largest absolute Gasteiger partial charge is 0.497 e. The van der Waals surface area contributed by atoms with Gasteiger partial charge in [-0.25, -0.2) is 14.4 Å². The molecular formula is C81H99FN16O19. The summed E-state index contributed by atoms with van der Waals surface area (Å²) < 4.78 is 26.6. The molecule has 4 aromatic carbocycles. The number of hydrogen-bond acceptors (Lipinski definition) is 20. The molecule has 0 saturated carbocycles. The van der Waals surface area contributed by atoms with Crippen molar-refractivity contribution in [3.8, 4) is 28.0 Å². The number of rotatable bonds is 42. The summed E-state index contributed by atoms with van der Waals surface area (Å²) in [5.74, 6) is -15.2. The second-order valence-electron chi connectivity index (χ2n) is 29.0. The number of H-pyrrole nitrogens is 2. The minimum absolute atomic E-state index is 0.0786. The number of likely N-dealkylation sites (tertiary alicyclic amines) is 1. The summed E-state index contributed by atoms with van der Waals surface area (Å²) in [5.41, 5.74) is 8.55. The highest BCUT2D eigenvalue weighted by atomic mass is 19.1. The molecule has 624 valence electrons. The molecule has 35 nitrogen and oxygen atoms in total. The van der Waals surface area contributed by atoms with Crippen LogP contribution in [0.15, 0.2) is 135 Å². The number of carboxylic acids is 2. The lowest BCUT2D eigenvalue weighted by molar-refractivity contribution is -0.152. The van der Waals surface area contributed by atoms with Crippen LogP contribution in [0.3, 0.4) is 0 Å². The fourth-order valence-electron chi connectivity index (χ4n) is 13.6. The number of aromatic nitrogens is 5. The van der Waals surface area contributed by atoms with Gasteiger partial charge in [-0.1, -0.05) is 79.7 Å². The molecule has 4 heterocycles. The quantitative estimate of drug-likeness (QED) is 0.0251. The lowest BCUT2D eigenvalue weighted by Gasteiger charge is -2.36. The van der Waals surface area contributed by atoms with Crippen LogP contribution in [-0.2, 0) is 106 Å². The molecule has 0 spiro atoms.